The standard InChI is InChI=1S/C8H12O2/c1-3-8-5-7(9)4-6(2)10-8/h5-6H,3-4H2,1-2H3. The zero-order chi connectivity index (χ0) is 7.56. The Hall–Kier alpha value is -0.790. The van der Waals surface area contributed by atoms with Crippen LogP contribution in [0.2, 0.25) is 0 Å². The highest BCUT2D eigenvalue weighted by atomic mass is 16.5. The van der Waals surface area contributed by atoms with Crippen molar-refractivity contribution in [2.75, 3.05) is 0 Å². The topological polar surface area (TPSA) is 26.3 Å². The number of carbonyl (C=O) groups excluding carboxylic acids is 1. The Kier molecular flexibility index (Phi) is 2.10. The number of allylic oxidation sites excluding steroid dienone is 2. The molecule has 1 heterocycles. The van der Waals surface area contributed by atoms with Crippen LogP contribution in [-0.4, -0.2) is 11.9 Å². The second kappa shape index (κ2) is 2.86. The highest BCUT2D eigenvalue weighted by Gasteiger charge is 2.15. The van der Waals surface area contributed by atoms with Gasteiger partial charge in [-0.25, -0.2) is 0 Å². The minimum Gasteiger partial charge on any atom is -0.494 e. The number of ether oxygens (including phenoxy) is 1. The van der Waals surface area contributed by atoms with Crippen LogP contribution in [0, 0.1) is 0 Å². The lowest BCUT2D eigenvalue weighted by atomic mass is 10.1. The van der Waals surface area contributed by atoms with Crippen molar-refractivity contribution in [3.8, 4) is 0 Å². The van der Waals surface area contributed by atoms with Crippen LogP contribution in [0.3, 0.4) is 0 Å². The Morgan fingerprint density at radius 1 is 1.80 bits per heavy atom. The van der Waals surface area contributed by atoms with E-state index in [4.69, 9.17) is 4.74 Å². The van der Waals surface area contributed by atoms with E-state index in [1.54, 1.807) is 6.08 Å². The molecule has 1 aliphatic rings. The van der Waals surface area contributed by atoms with E-state index in [9.17, 15) is 4.79 Å². The minimum atomic E-state index is 0.0763. The second-order valence-electron chi connectivity index (χ2n) is 2.56. The zero-order valence-corrected chi connectivity index (χ0v) is 6.39. The number of rotatable bonds is 1. The van der Waals surface area contributed by atoms with Gasteiger partial charge in [0.25, 0.3) is 0 Å². The van der Waals surface area contributed by atoms with E-state index < -0.39 is 0 Å². The van der Waals surface area contributed by atoms with Gasteiger partial charge in [0.2, 0.25) is 0 Å². The van der Waals surface area contributed by atoms with E-state index in [1.807, 2.05) is 13.8 Å². The lowest BCUT2D eigenvalue weighted by molar-refractivity contribution is -0.118. The average molecular weight is 140 g/mol. The highest BCUT2D eigenvalue weighted by molar-refractivity contribution is 5.91. The van der Waals surface area contributed by atoms with Crippen molar-refractivity contribution >= 4 is 5.78 Å². The highest BCUT2D eigenvalue weighted by Crippen LogP contribution is 2.15. The summed E-state index contributed by atoms with van der Waals surface area (Å²) >= 11 is 0. The van der Waals surface area contributed by atoms with E-state index in [0.29, 0.717) is 6.42 Å². The van der Waals surface area contributed by atoms with Gasteiger partial charge in [0.1, 0.15) is 6.10 Å². The molecule has 1 unspecified atom stereocenters. The smallest absolute Gasteiger partial charge is 0.162 e. The van der Waals surface area contributed by atoms with Crippen molar-refractivity contribution in [3.05, 3.63) is 11.8 Å². The largest absolute Gasteiger partial charge is 0.494 e. The summed E-state index contributed by atoms with van der Waals surface area (Å²) < 4.78 is 5.35. The molecule has 0 N–H and O–H groups in total. The first-order valence-electron chi connectivity index (χ1n) is 3.62. The van der Waals surface area contributed by atoms with E-state index in [-0.39, 0.29) is 11.9 Å². The second-order valence-corrected chi connectivity index (χ2v) is 2.56. The van der Waals surface area contributed by atoms with Gasteiger partial charge >= 0.3 is 0 Å². The molecule has 0 saturated carbocycles. The maximum Gasteiger partial charge on any atom is 0.162 e. The van der Waals surface area contributed by atoms with Gasteiger partial charge in [0, 0.05) is 18.9 Å². The molecular formula is C8H12O2. The van der Waals surface area contributed by atoms with Gasteiger partial charge in [0.05, 0.1) is 5.76 Å². The van der Waals surface area contributed by atoms with E-state index in [0.717, 1.165) is 12.2 Å². The third-order valence-electron chi connectivity index (χ3n) is 1.51. The van der Waals surface area contributed by atoms with E-state index >= 15 is 0 Å². The molecule has 0 aromatic carbocycles. The van der Waals surface area contributed by atoms with Crippen LogP contribution in [0.5, 0.6) is 0 Å². The summed E-state index contributed by atoms with van der Waals surface area (Å²) in [5.41, 5.74) is 0. The Morgan fingerprint density at radius 2 is 2.50 bits per heavy atom. The molecule has 1 rings (SSSR count). The van der Waals surface area contributed by atoms with Gasteiger partial charge in [-0.1, -0.05) is 6.92 Å². The van der Waals surface area contributed by atoms with Crippen LogP contribution in [0.25, 0.3) is 0 Å². The first-order chi connectivity index (χ1) is 4.72. The Bertz CT molecular complexity index is 170. The van der Waals surface area contributed by atoms with Gasteiger partial charge in [0.15, 0.2) is 5.78 Å². The van der Waals surface area contributed by atoms with Gasteiger partial charge in [-0.05, 0) is 6.92 Å². The summed E-state index contributed by atoms with van der Waals surface area (Å²) in [5.74, 6) is 1.01. The fourth-order valence-electron chi connectivity index (χ4n) is 1.04. The predicted molar refractivity (Wildman–Crippen MR) is 38.5 cm³/mol. The molecule has 1 atom stereocenters. The Morgan fingerprint density at radius 3 is 3.00 bits per heavy atom. The maximum absolute atomic E-state index is 10.9. The molecular weight excluding hydrogens is 128 g/mol. The molecule has 0 aromatic heterocycles. The summed E-state index contributed by atoms with van der Waals surface area (Å²) in [4.78, 5) is 10.9. The first-order valence-corrected chi connectivity index (χ1v) is 3.62. The quantitative estimate of drug-likeness (QED) is 0.553. The molecule has 2 nitrogen and oxygen atoms in total. The van der Waals surface area contributed by atoms with Crippen molar-refractivity contribution in [2.24, 2.45) is 0 Å². The lowest BCUT2D eigenvalue weighted by Crippen LogP contribution is -2.18. The third-order valence-corrected chi connectivity index (χ3v) is 1.51. The Labute approximate surface area is 60.9 Å². The summed E-state index contributed by atoms with van der Waals surface area (Å²) in [5, 5.41) is 0. The molecule has 10 heavy (non-hydrogen) atoms. The molecule has 0 aromatic rings. The molecule has 0 aliphatic carbocycles. The molecule has 2 heteroatoms. The van der Waals surface area contributed by atoms with Crippen LogP contribution >= 0.6 is 0 Å². The monoisotopic (exact) mass is 140 g/mol. The van der Waals surface area contributed by atoms with Crippen LogP contribution in [0.4, 0.5) is 0 Å². The van der Waals surface area contributed by atoms with Crippen molar-refractivity contribution in [1.82, 2.24) is 0 Å². The maximum atomic E-state index is 10.9. The fraction of sp³-hybridized carbons (Fsp3) is 0.625. The number of hydrogen-bond acceptors (Lipinski definition) is 2. The molecule has 56 valence electrons. The summed E-state index contributed by atoms with van der Waals surface area (Å²) in [7, 11) is 0. The van der Waals surface area contributed by atoms with Crippen molar-refractivity contribution in [3.63, 3.8) is 0 Å². The van der Waals surface area contributed by atoms with Crippen molar-refractivity contribution in [1.29, 1.82) is 0 Å². The lowest BCUT2D eigenvalue weighted by Gasteiger charge is -2.19. The number of carbonyl (C=O) groups is 1. The van der Waals surface area contributed by atoms with E-state index in [1.165, 1.54) is 0 Å². The van der Waals surface area contributed by atoms with Crippen LogP contribution < -0.4 is 0 Å². The third kappa shape index (κ3) is 1.59. The van der Waals surface area contributed by atoms with Gasteiger partial charge in [-0.3, -0.25) is 4.79 Å². The minimum absolute atomic E-state index is 0.0763. The van der Waals surface area contributed by atoms with Gasteiger partial charge in [-0.15, -0.1) is 0 Å². The molecule has 0 spiro atoms. The predicted octanol–water partition coefficient (Wildman–Crippen LogP) is 1.66. The fourth-order valence-corrected chi connectivity index (χ4v) is 1.04. The first kappa shape index (κ1) is 7.32. The molecule has 0 fully saturated rings. The molecule has 1 aliphatic heterocycles. The van der Waals surface area contributed by atoms with Gasteiger partial charge < -0.3 is 4.74 Å². The molecule has 0 bridgehead atoms. The molecule has 0 saturated heterocycles. The van der Waals surface area contributed by atoms with Crippen molar-refractivity contribution in [2.45, 2.75) is 32.8 Å². The molecule has 0 radical (unpaired) electrons. The SMILES string of the molecule is CCC1=CC(=O)CC(C)O1. The van der Waals surface area contributed by atoms with Gasteiger partial charge in [-0.2, -0.15) is 0 Å². The average Bonchev–Trinajstić information content (AvgIpc) is 1.85. The summed E-state index contributed by atoms with van der Waals surface area (Å²) in [6.07, 6.45) is 3.02. The van der Waals surface area contributed by atoms with Crippen LogP contribution in [-0.2, 0) is 9.53 Å². The number of ketones is 1. The molecule has 0 amide bonds. The summed E-state index contributed by atoms with van der Waals surface area (Å²) in [6.45, 7) is 3.90. The normalized spacial score (nSPS) is 25.6. The number of hydrogen-bond donors (Lipinski definition) is 0. The van der Waals surface area contributed by atoms with Crippen LogP contribution in [0.15, 0.2) is 11.8 Å². The van der Waals surface area contributed by atoms with E-state index in [2.05, 4.69) is 0 Å². The van der Waals surface area contributed by atoms with Crippen LogP contribution in [0.1, 0.15) is 26.7 Å². The Balaban J connectivity index is 2.65. The van der Waals surface area contributed by atoms with Crippen molar-refractivity contribution < 1.29 is 9.53 Å². The summed E-state index contributed by atoms with van der Waals surface area (Å²) in [6, 6.07) is 0. The zero-order valence-electron chi connectivity index (χ0n) is 6.39.